The standard InChI is InChI=1S/C13H18N2O3/c1-8-7-15(6-5-10(8)14)13(18)9-3-2-4-11(16)12(9)17/h2-4,8,10,16-17H,5-7,14H2,1H3. The highest BCUT2D eigenvalue weighted by Gasteiger charge is 2.28. The summed E-state index contributed by atoms with van der Waals surface area (Å²) in [5.41, 5.74) is 6.04. The van der Waals surface area contributed by atoms with Gasteiger partial charge in [0.25, 0.3) is 5.91 Å². The van der Waals surface area contributed by atoms with Gasteiger partial charge in [-0.15, -0.1) is 0 Å². The van der Waals surface area contributed by atoms with Crippen LogP contribution < -0.4 is 5.73 Å². The first-order valence-corrected chi connectivity index (χ1v) is 6.06. The van der Waals surface area contributed by atoms with Crippen molar-refractivity contribution in [3.8, 4) is 11.5 Å². The summed E-state index contributed by atoms with van der Waals surface area (Å²) >= 11 is 0. The van der Waals surface area contributed by atoms with Crippen molar-refractivity contribution in [1.82, 2.24) is 4.90 Å². The van der Waals surface area contributed by atoms with Crippen LogP contribution in [-0.2, 0) is 0 Å². The molecule has 1 aliphatic rings. The first-order valence-electron chi connectivity index (χ1n) is 6.06. The number of hydrogen-bond donors (Lipinski definition) is 3. The maximum absolute atomic E-state index is 12.2. The minimum atomic E-state index is -0.356. The zero-order valence-electron chi connectivity index (χ0n) is 10.3. The van der Waals surface area contributed by atoms with Crippen LogP contribution in [0.4, 0.5) is 0 Å². The lowest BCUT2D eigenvalue weighted by Gasteiger charge is -2.35. The topological polar surface area (TPSA) is 86.8 Å². The first kappa shape index (κ1) is 12.7. The number of nitrogens with two attached hydrogens (primary N) is 1. The minimum Gasteiger partial charge on any atom is -0.504 e. The van der Waals surface area contributed by atoms with Crippen molar-refractivity contribution in [2.75, 3.05) is 13.1 Å². The molecule has 4 N–H and O–H groups in total. The van der Waals surface area contributed by atoms with Crippen LogP contribution in [0.1, 0.15) is 23.7 Å². The molecule has 1 aromatic rings. The van der Waals surface area contributed by atoms with Crippen LogP contribution in [0.2, 0.25) is 0 Å². The predicted molar refractivity (Wildman–Crippen MR) is 67.4 cm³/mol. The molecule has 0 aliphatic carbocycles. The molecule has 2 rings (SSSR count). The number of carbonyl (C=O) groups is 1. The van der Waals surface area contributed by atoms with Crippen LogP contribution in [0.5, 0.6) is 11.5 Å². The number of likely N-dealkylation sites (tertiary alicyclic amines) is 1. The Bertz CT molecular complexity index is 462. The van der Waals surface area contributed by atoms with Crippen LogP contribution in [0.25, 0.3) is 0 Å². The van der Waals surface area contributed by atoms with E-state index in [9.17, 15) is 15.0 Å². The number of aromatic hydroxyl groups is 2. The molecule has 1 amide bonds. The van der Waals surface area contributed by atoms with Gasteiger partial charge in [0.15, 0.2) is 11.5 Å². The van der Waals surface area contributed by atoms with Gasteiger partial charge in [-0.3, -0.25) is 4.79 Å². The number of phenolic OH excluding ortho intramolecular Hbond substituents is 2. The van der Waals surface area contributed by atoms with Gasteiger partial charge in [0.1, 0.15) is 0 Å². The quantitative estimate of drug-likeness (QED) is 0.646. The summed E-state index contributed by atoms with van der Waals surface area (Å²) in [6.07, 6.45) is 0.756. The lowest BCUT2D eigenvalue weighted by atomic mass is 9.94. The van der Waals surface area contributed by atoms with E-state index in [0.717, 1.165) is 6.42 Å². The molecule has 1 aromatic carbocycles. The minimum absolute atomic E-state index is 0.117. The van der Waals surface area contributed by atoms with E-state index in [1.807, 2.05) is 6.92 Å². The van der Waals surface area contributed by atoms with Gasteiger partial charge in [0, 0.05) is 19.1 Å². The fourth-order valence-corrected chi connectivity index (χ4v) is 2.22. The van der Waals surface area contributed by atoms with Gasteiger partial charge in [-0.25, -0.2) is 0 Å². The average molecular weight is 250 g/mol. The smallest absolute Gasteiger partial charge is 0.257 e. The largest absolute Gasteiger partial charge is 0.504 e. The van der Waals surface area contributed by atoms with Gasteiger partial charge in [-0.2, -0.15) is 0 Å². The monoisotopic (exact) mass is 250 g/mol. The zero-order valence-corrected chi connectivity index (χ0v) is 10.3. The lowest BCUT2D eigenvalue weighted by molar-refractivity contribution is 0.0660. The highest BCUT2D eigenvalue weighted by molar-refractivity contribution is 5.97. The zero-order chi connectivity index (χ0) is 13.3. The number of piperidine rings is 1. The lowest BCUT2D eigenvalue weighted by Crippen LogP contribution is -2.48. The van der Waals surface area contributed by atoms with Crippen LogP contribution in [0, 0.1) is 5.92 Å². The summed E-state index contributed by atoms with van der Waals surface area (Å²) in [7, 11) is 0. The number of benzene rings is 1. The second-order valence-electron chi connectivity index (χ2n) is 4.85. The van der Waals surface area contributed by atoms with Gasteiger partial charge in [-0.05, 0) is 24.5 Å². The maximum Gasteiger partial charge on any atom is 0.257 e. The van der Waals surface area contributed by atoms with E-state index >= 15 is 0 Å². The second kappa shape index (κ2) is 4.86. The molecule has 5 heteroatoms. The molecule has 2 unspecified atom stereocenters. The first-order chi connectivity index (χ1) is 8.50. The molecule has 1 aliphatic heterocycles. The molecular formula is C13H18N2O3. The highest BCUT2D eigenvalue weighted by Crippen LogP contribution is 2.30. The average Bonchev–Trinajstić information content (AvgIpc) is 2.35. The van der Waals surface area contributed by atoms with Crippen LogP contribution in [0.3, 0.4) is 0 Å². The fraction of sp³-hybridized carbons (Fsp3) is 0.462. The molecule has 1 fully saturated rings. The van der Waals surface area contributed by atoms with E-state index in [4.69, 9.17) is 5.73 Å². The molecule has 1 saturated heterocycles. The van der Waals surface area contributed by atoms with Crippen LogP contribution in [-0.4, -0.2) is 40.2 Å². The molecule has 98 valence electrons. The fourth-order valence-electron chi connectivity index (χ4n) is 2.22. The number of hydrogen-bond acceptors (Lipinski definition) is 4. The number of rotatable bonds is 1. The summed E-state index contributed by atoms with van der Waals surface area (Å²) < 4.78 is 0. The summed E-state index contributed by atoms with van der Waals surface area (Å²) in [6.45, 7) is 3.17. The third-order valence-electron chi connectivity index (χ3n) is 3.50. The predicted octanol–water partition coefficient (Wildman–Crippen LogP) is 0.907. The van der Waals surface area contributed by atoms with E-state index in [-0.39, 0.29) is 34.9 Å². The van der Waals surface area contributed by atoms with Crippen molar-refractivity contribution in [1.29, 1.82) is 0 Å². The third kappa shape index (κ3) is 2.26. The van der Waals surface area contributed by atoms with Gasteiger partial charge in [0.2, 0.25) is 0 Å². The number of phenols is 2. The molecule has 2 atom stereocenters. The number of para-hydroxylation sites is 1. The van der Waals surface area contributed by atoms with E-state index in [0.29, 0.717) is 13.1 Å². The summed E-state index contributed by atoms with van der Waals surface area (Å²) in [5, 5.41) is 19.1. The third-order valence-corrected chi connectivity index (χ3v) is 3.50. The summed E-state index contributed by atoms with van der Waals surface area (Å²) in [4.78, 5) is 13.9. The molecule has 0 bridgehead atoms. The Morgan fingerprint density at radius 3 is 2.83 bits per heavy atom. The van der Waals surface area contributed by atoms with E-state index in [1.54, 1.807) is 11.0 Å². The molecule has 0 aromatic heterocycles. The van der Waals surface area contributed by atoms with Crippen molar-refractivity contribution < 1.29 is 15.0 Å². The van der Waals surface area contributed by atoms with Crippen molar-refractivity contribution >= 4 is 5.91 Å². The summed E-state index contributed by atoms with van der Waals surface area (Å²) in [6, 6.07) is 4.52. The van der Waals surface area contributed by atoms with E-state index in [2.05, 4.69) is 0 Å². The molecule has 0 radical (unpaired) electrons. The SMILES string of the molecule is CC1CN(C(=O)c2cccc(O)c2O)CCC1N. The molecule has 18 heavy (non-hydrogen) atoms. The normalized spacial score (nSPS) is 24.0. The van der Waals surface area contributed by atoms with Gasteiger partial charge in [0.05, 0.1) is 5.56 Å². The Hall–Kier alpha value is -1.75. The van der Waals surface area contributed by atoms with Gasteiger partial charge >= 0.3 is 0 Å². The highest BCUT2D eigenvalue weighted by atomic mass is 16.3. The van der Waals surface area contributed by atoms with Crippen molar-refractivity contribution in [3.63, 3.8) is 0 Å². The van der Waals surface area contributed by atoms with Crippen molar-refractivity contribution in [2.24, 2.45) is 11.7 Å². The molecule has 0 spiro atoms. The number of nitrogens with zero attached hydrogens (tertiary/aromatic N) is 1. The maximum atomic E-state index is 12.2. The van der Waals surface area contributed by atoms with Crippen molar-refractivity contribution in [2.45, 2.75) is 19.4 Å². The van der Waals surface area contributed by atoms with Crippen LogP contribution in [0.15, 0.2) is 18.2 Å². The Morgan fingerprint density at radius 2 is 2.17 bits per heavy atom. The number of amides is 1. The Morgan fingerprint density at radius 1 is 1.44 bits per heavy atom. The van der Waals surface area contributed by atoms with E-state index in [1.165, 1.54) is 12.1 Å². The molecule has 5 nitrogen and oxygen atoms in total. The van der Waals surface area contributed by atoms with E-state index < -0.39 is 0 Å². The Kier molecular flexibility index (Phi) is 3.43. The van der Waals surface area contributed by atoms with Gasteiger partial charge in [-0.1, -0.05) is 13.0 Å². The van der Waals surface area contributed by atoms with Gasteiger partial charge < -0.3 is 20.8 Å². The van der Waals surface area contributed by atoms with Crippen molar-refractivity contribution in [3.05, 3.63) is 23.8 Å². The Labute approximate surface area is 106 Å². The molecule has 0 saturated carbocycles. The van der Waals surface area contributed by atoms with Crippen LogP contribution >= 0.6 is 0 Å². The number of carbonyl (C=O) groups excluding carboxylic acids is 1. The Balaban J connectivity index is 2.19. The summed E-state index contributed by atoms with van der Waals surface area (Å²) in [5.74, 6) is -0.656. The second-order valence-corrected chi connectivity index (χ2v) is 4.85. The molecular weight excluding hydrogens is 232 g/mol. The molecule has 1 heterocycles.